The number of likely N-dealkylation sites (N-methyl/N-ethyl adjacent to an activating group) is 1. The van der Waals surface area contributed by atoms with Gasteiger partial charge in [-0.2, -0.15) is 0 Å². The number of benzene rings is 1. The molecule has 5 nitrogen and oxygen atoms in total. The van der Waals surface area contributed by atoms with Crippen molar-refractivity contribution in [2.75, 3.05) is 45.2 Å². The lowest BCUT2D eigenvalue weighted by Crippen LogP contribution is -2.52. The number of rotatable bonds is 6. The molecule has 1 aliphatic rings. The zero-order chi connectivity index (χ0) is 16.8. The van der Waals surface area contributed by atoms with Crippen molar-refractivity contribution in [1.82, 2.24) is 9.80 Å². The highest BCUT2D eigenvalue weighted by Gasteiger charge is 2.24. The second-order valence-electron chi connectivity index (χ2n) is 5.87. The third-order valence-corrected chi connectivity index (χ3v) is 4.18. The maximum Gasteiger partial charge on any atom is 0.225 e. The van der Waals surface area contributed by atoms with E-state index >= 15 is 0 Å². The molecule has 23 heavy (non-hydrogen) atoms. The first-order chi connectivity index (χ1) is 11.0. The molecule has 0 aromatic heterocycles. The topological polar surface area (TPSA) is 55.8 Å². The molecule has 1 aromatic carbocycles. The van der Waals surface area contributed by atoms with Gasteiger partial charge in [0.25, 0.3) is 0 Å². The van der Waals surface area contributed by atoms with Crippen molar-refractivity contribution in [2.24, 2.45) is 0 Å². The normalized spacial score (nSPS) is 19.7. The quantitative estimate of drug-likeness (QED) is 0.827. The number of hydrogen-bond donors (Lipinski definition) is 2. The van der Waals surface area contributed by atoms with Gasteiger partial charge < -0.3 is 15.3 Å². The molecule has 0 aliphatic carbocycles. The monoisotopic (exact) mass is 327 g/mol. The van der Waals surface area contributed by atoms with Gasteiger partial charge in [-0.05, 0) is 25.6 Å². The number of amides is 1. The minimum Gasteiger partial charge on any atom is -0.396 e. The summed E-state index contributed by atoms with van der Waals surface area (Å²) in [6, 6.07) is 3.25. The summed E-state index contributed by atoms with van der Waals surface area (Å²) in [5, 5.41) is 11.5. The van der Waals surface area contributed by atoms with Crippen molar-refractivity contribution < 1.29 is 18.7 Å². The van der Waals surface area contributed by atoms with Crippen LogP contribution in [0.4, 0.5) is 14.5 Å². The Morgan fingerprint density at radius 2 is 2.17 bits per heavy atom. The molecule has 128 valence electrons. The molecule has 2 N–H and O–H groups in total. The number of carbonyl (C=O) groups is 1. The van der Waals surface area contributed by atoms with E-state index in [0.717, 1.165) is 37.8 Å². The molecule has 2 rings (SSSR count). The Labute approximate surface area is 134 Å². The van der Waals surface area contributed by atoms with E-state index in [1.165, 1.54) is 0 Å². The molecule has 1 fully saturated rings. The number of halogens is 2. The zero-order valence-corrected chi connectivity index (χ0v) is 13.3. The summed E-state index contributed by atoms with van der Waals surface area (Å²) in [5.74, 6) is -1.58. The van der Waals surface area contributed by atoms with Gasteiger partial charge in [-0.3, -0.25) is 9.69 Å². The molecule has 1 heterocycles. The number of hydrogen-bond acceptors (Lipinski definition) is 4. The van der Waals surface area contributed by atoms with E-state index in [0.29, 0.717) is 13.0 Å². The molecule has 1 unspecified atom stereocenters. The molecule has 1 saturated heterocycles. The number of anilines is 1. The van der Waals surface area contributed by atoms with Crippen molar-refractivity contribution >= 4 is 11.6 Å². The number of nitrogens with zero attached hydrogens (tertiary/aromatic N) is 2. The molecule has 0 bridgehead atoms. The summed E-state index contributed by atoms with van der Waals surface area (Å²) in [5.41, 5.74) is -0.133. The van der Waals surface area contributed by atoms with Gasteiger partial charge in [-0.25, -0.2) is 8.78 Å². The third kappa shape index (κ3) is 5.23. The SMILES string of the molecule is CN1CCN(CCC(=O)Nc2cc(F)ccc2F)CC1CCO. The van der Waals surface area contributed by atoms with E-state index in [1.54, 1.807) is 0 Å². The van der Waals surface area contributed by atoms with E-state index in [2.05, 4.69) is 15.1 Å². The number of piperazine rings is 1. The fraction of sp³-hybridized carbons (Fsp3) is 0.562. The van der Waals surface area contributed by atoms with Gasteiger partial charge in [-0.1, -0.05) is 0 Å². The standard InChI is InChI=1S/C16H23F2N3O2/c1-20-7-8-21(11-13(20)5-9-22)6-4-16(23)19-15-10-12(17)2-3-14(15)18/h2-3,10,13,22H,4-9,11H2,1H3,(H,19,23). The lowest BCUT2D eigenvalue weighted by molar-refractivity contribution is -0.116. The van der Waals surface area contributed by atoms with Crippen LogP contribution in [0.2, 0.25) is 0 Å². The van der Waals surface area contributed by atoms with Crippen LogP contribution in [-0.2, 0) is 4.79 Å². The molecule has 1 aliphatic heterocycles. The fourth-order valence-corrected chi connectivity index (χ4v) is 2.74. The maximum atomic E-state index is 13.5. The first-order valence-electron chi connectivity index (χ1n) is 7.78. The van der Waals surface area contributed by atoms with Crippen LogP contribution in [0, 0.1) is 11.6 Å². The molecular formula is C16H23F2N3O2. The Morgan fingerprint density at radius 3 is 2.91 bits per heavy atom. The number of carbonyl (C=O) groups excluding carboxylic acids is 1. The van der Waals surface area contributed by atoms with E-state index in [-0.39, 0.29) is 30.7 Å². The van der Waals surface area contributed by atoms with Crippen LogP contribution >= 0.6 is 0 Å². The summed E-state index contributed by atoms with van der Waals surface area (Å²) < 4.78 is 26.6. The van der Waals surface area contributed by atoms with Gasteiger partial charge in [0.1, 0.15) is 11.6 Å². The predicted molar refractivity (Wildman–Crippen MR) is 84.2 cm³/mol. The van der Waals surface area contributed by atoms with Gasteiger partial charge in [-0.15, -0.1) is 0 Å². The molecule has 7 heteroatoms. The number of aliphatic hydroxyl groups is 1. The summed E-state index contributed by atoms with van der Waals surface area (Å²) in [7, 11) is 2.02. The Morgan fingerprint density at radius 1 is 1.39 bits per heavy atom. The number of aliphatic hydroxyl groups excluding tert-OH is 1. The molecule has 1 aromatic rings. The van der Waals surface area contributed by atoms with Gasteiger partial charge in [0.2, 0.25) is 5.91 Å². The minimum absolute atomic E-state index is 0.133. The molecule has 1 amide bonds. The van der Waals surface area contributed by atoms with Crippen LogP contribution in [0.1, 0.15) is 12.8 Å². The highest BCUT2D eigenvalue weighted by molar-refractivity contribution is 5.90. The van der Waals surface area contributed by atoms with Gasteiger partial charge >= 0.3 is 0 Å². The first-order valence-corrected chi connectivity index (χ1v) is 7.78. The van der Waals surface area contributed by atoms with Gasteiger partial charge in [0.05, 0.1) is 5.69 Å². The molecular weight excluding hydrogens is 304 g/mol. The Balaban J connectivity index is 1.81. The molecule has 1 atom stereocenters. The minimum atomic E-state index is -0.651. The largest absolute Gasteiger partial charge is 0.396 e. The van der Waals surface area contributed by atoms with E-state index < -0.39 is 11.6 Å². The lowest BCUT2D eigenvalue weighted by atomic mass is 10.1. The van der Waals surface area contributed by atoms with Crippen molar-refractivity contribution in [2.45, 2.75) is 18.9 Å². The average Bonchev–Trinajstić information content (AvgIpc) is 2.52. The average molecular weight is 327 g/mol. The van der Waals surface area contributed by atoms with E-state index in [9.17, 15) is 13.6 Å². The van der Waals surface area contributed by atoms with Crippen LogP contribution in [0.3, 0.4) is 0 Å². The Kier molecular flexibility index (Phi) is 6.44. The lowest BCUT2D eigenvalue weighted by Gasteiger charge is -2.39. The van der Waals surface area contributed by atoms with Crippen molar-refractivity contribution in [3.63, 3.8) is 0 Å². The van der Waals surface area contributed by atoms with Crippen LogP contribution in [0.5, 0.6) is 0 Å². The molecule has 0 saturated carbocycles. The smallest absolute Gasteiger partial charge is 0.225 e. The maximum absolute atomic E-state index is 13.5. The fourth-order valence-electron chi connectivity index (χ4n) is 2.74. The molecule has 0 spiro atoms. The van der Waals surface area contributed by atoms with Gasteiger partial charge in [0, 0.05) is 51.3 Å². The van der Waals surface area contributed by atoms with Crippen LogP contribution in [0.25, 0.3) is 0 Å². The third-order valence-electron chi connectivity index (χ3n) is 4.18. The van der Waals surface area contributed by atoms with Crippen molar-refractivity contribution in [1.29, 1.82) is 0 Å². The Bertz CT molecular complexity index is 542. The van der Waals surface area contributed by atoms with Crippen LogP contribution in [-0.4, -0.2) is 66.7 Å². The second-order valence-corrected chi connectivity index (χ2v) is 5.87. The van der Waals surface area contributed by atoms with Crippen molar-refractivity contribution in [3.05, 3.63) is 29.8 Å². The van der Waals surface area contributed by atoms with E-state index in [1.807, 2.05) is 7.05 Å². The zero-order valence-electron chi connectivity index (χ0n) is 13.3. The highest BCUT2D eigenvalue weighted by atomic mass is 19.1. The van der Waals surface area contributed by atoms with Crippen molar-refractivity contribution in [3.8, 4) is 0 Å². The number of nitrogens with one attached hydrogen (secondary N) is 1. The first kappa shape index (κ1) is 17.8. The summed E-state index contributed by atoms with van der Waals surface area (Å²) in [4.78, 5) is 16.3. The molecule has 0 radical (unpaired) electrons. The summed E-state index contributed by atoms with van der Waals surface area (Å²) >= 11 is 0. The predicted octanol–water partition coefficient (Wildman–Crippen LogP) is 1.29. The van der Waals surface area contributed by atoms with Gasteiger partial charge in [0.15, 0.2) is 0 Å². The summed E-state index contributed by atoms with van der Waals surface area (Å²) in [6.07, 6.45) is 0.916. The van der Waals surface area contributed by atoms with Crippen LogP contribution < -0.4 is 5.32 Å². The Hall–Kier alpha value is -1.57. The van der Waals surface area contributed by atoms with E-state index in [4.69, 9.17) is 5.11 Å². The highest BCUT2D eigenvalue weighted by Crippen LogP contribution is 2.16. The second kappa shape index (κ2) is 8.33. The van der Waals surface area contributed by atoms with Crippen LogP contribution in [0.15, 0.2) is 18.2 Å². The summed E-state index contributed by atoms with van der Waals surface area (Å²) in [6.45, 7) is 3.21.